The Morgan fingerprint density at radius 2 is 1.92 bits per heavy atom. The van der Waals surface area contributed by atoms with Crippen molar-refractivity contribution in [1.82, 2.24) is 9.80 Å². The Kier molecular flexibility index (Phi) is 4.99. The number of hydrogen-bond acceptors (Lipinski definition) is 2. The number of halogens is 3. The van der Waals surface area contributed by atoms with E-state index < -0.39 is 23.6 Å². The second-order valence-electron chi connectivity index (χ2n) is 7.21. The highest BCUT2D eigenvalue weighted by molar-refractivity contribution is 5.85. The number of likely N-dealkylation sites (tertiary alicyclic amines) is 1. The van der Waals surface area contributed by atoms with Gasteiger partial charge in [0.1, 0.15) is 0 Å². The summed E-state index contributed by atoms with van der Waals surface area (Å²) in [5.41, 5.74) is -0.259. The third-order valence-corrected chi connectivity index (χ3v) is 5.37. The molecule has 1 heterocycles. The molecule has 1 aromatic rings. The predicted octanol–water partition coefficient (Wildman–Crippen LogP) is 3.14. The van der Waals surface area contributed by atoms with E-state index in [0.29, 0.717) is 18.7 Å². The molecule has 1 aliphatic carbocycles. The van der Waals surface area contributed by atoms with Gasteiger partial charge in [0.25, 0.3) is 0 Å². The van der Waals surface area contributed by atoms with Gasteiger partial charge in [0.2, 0.25) is 11.8 Å². The zero-order valence-corrected chi connectivity index (χ0v) is 14.9. The number of benzene rings is 1. The van der Waals surface area contributed by atoms with E-state index in [4.69, 9.17) is 0 Å². The maximum absolute atomic E-state index is 13.1. The summed E-state index contributed by atoms with van der Waals surface area (Å²) >= 11 is 0. The van der Waals surface area contributed by atoms with Crippen molar-refractivity contribution in [2.75, 3.05) is 26.7 Å². The fourth-order valence-corrected chi connectivity index (χ4v) is 3.54. The summed E-state index contributed by atoms with van der Waals surface area (Å²) in [5.74, 6) is -1.00. The Labute approximate surface area is 151 Å². The van der Waals surface area contributed by atoms with E-state index in [1.807, 2.05) is 6.92 Å². The molecule has 2 aliphatic rings. The molecule has 4 nitrogen and oxygen atoms in total. The molecule has 0 N–H and O–H groups in total. The Hall–Kier alpha value is -2.05. The third-order valence-electron chi connectivity index (χ3n) is 5.37. The Morgan fingerprint density at radius 1 is 1.23 bits per heavy atom. The lowest BCUT2D eigenvalue weighted by molar-refractivity contribution is -0.137. The summed E-state index contributed by atoms with van der Waals surface area (Å²) in [6, 6.07) is 5.13. The van der Waals surface area contributed by atoms with Gasteiger partial charge in [-0.2, -0.15) is 13.2 Å². The molecule has 2 amide bonds. The first-order valence-corrected chi connectivity index (χ1v) is 8.93. The molecule has 0 radical (unpaired) electrons. The molecule has 1 saturated heterocycles. The zero-order valence-electron chi connectivity index (χ0n) is 14.9. The maximum Gasteiger partial charge on any atom is 0.416 e. The largest absolute Gasteiger partial charge is 0.416 e. The quantitative estimate of drug-likeness (QED) is 0.819. The van der Waals surface area contributed by atoms with Crippen LogP contribution in [0, 0.1) is 11.8 Å². The molecule has 0 spiro atoms. The standard InChI is InChI=1S/C19H23F3N2O2/c1-3-23(2)18(26)16-11-24(17(25)12-7-8-12)10-15(16)13-5-4-6-14(9-13)19(20,21)22/h4-6,9,12,15-16H,3,7-8,10-11H2,1-2H3/t15-,16-/m0/s1. The lowest BCUT2D eigenvalue weighted by Gasteiger charge is -2.23. The highest BCUT2D eigenvalue weighted by Crippen LogP contribution is 2.39. The van der Waals surface area contributed by atoms with Crippen molar-refractivity contribution in [2.45, 2.75) is 31.9 Å². The van der Waals surface area contributed by atoms with E-state index in [9.17, 15) is 22.8 Å². The molecule has 3 rings (SSSR count). The molecule has 2 fully saturated rings. The van der Waals surface area contributed by atoms with Crippen LogP contribution in [-0.4, -0.2) is 48.3 Å². The summed E-state index contributed by atoms with van der Waals surface area (Å²) < 4.78 is 39.2. The zero-order chi connectivity index (χ0) is 19.1. The molecule has 0 bridgehead atoms. The lowest BCUT2D eigenvalue weighted by Crippen LogP contribution is -2.37. The van der Waals surface area contributed by atoms with Crippen LogP contribution in [0.3, 0.4) is 0 Å². The van der Waals surface area contributed by atoms with E-state index in [0.717, 1.165) is 25.0 Å². The summed E-state index contributed by atoms with van der Waals surface area (Å²) in [7, 11) is 1.68. The van der Waals surface area contributed by atoms with Crippen LogP contribution in [0.15, 0.2) is 24.3 Å². The smallest absolute Gasteiger partial charge is 0.346 e. The van der Waals surface area contributed by atoms with Crippen molar-refractivity contribution >= 4 is 11.8 Å². The third kappa shape index (κ3) is 3.71. The first-order valence-electron chi connectivity index (χ1n) is 8.93. The minimum Gasteiger partial charge on any atom is -0.346 e. The predicted molar refractivity (Wildman–Crippen MR) is 90.3 cm³/mol. The Balaban J connectivity index is 1.90. The van der Waals surface area contributed by atoms with Crippen molar-refractivity contribution in [3.63, 3.8) is 0 Å². The molecule has 0 unspecified atom stereocenters. The van der Waals surface area contributed by atoms with Gasteiger partial charge in [-0.3, -0.25) is 9.59 Å². The molecule has 1 aromatic carbocycles. The summed E-state index contributed by atoms with van der Waals surface area (Å²) in [6.45, 7) is 2.94. The van der Waals surface area contributed by atoms with Crippen LogP contribution in [0.1, 0.15) is 36.8 Å². The van der Waals surface area contributed by atoms with Crippen LogP contribution < -0.4 is 0 Å². The Morgan fingerprint density at radius 3 is 2.50 bits per heavy atom. The van der Waals surface area contributed by atoms with Gasteiger partial charge in [0, 0.05) is 38.5 Å². The molecule has 26 heavy (non-hydrogen) atoms. The first-order chi connectivity index (χ1) is 12.2. The van der Waals surface area contributed by atoms with Crippen molar-refractivity contribution in [3.05, 3.63) is 35.4 Å². The lowest BCUT2D eigenvalue weighted by atomic mass is 9.87. The van der Waals surface area contributed by atoms with Gasteiger partial charge in [-0.1, -0.05) is 18.2 Å². The minimum atomic E-state index is -4.43. The van der Waals surface area contributed by atoms with Crippen molar-refractivity contribution in [2.24, 2.45) is 11.8 Å². The van der Waals surface area contributed by atoms with Gasteiger partial charge in [0.15, 0.2) is 0 Å². The summed E-state index contributed by atoms with van der Waals surface area (Å²) in [6.07, 6.45) is -2.72. The number of carbonyl (C=O) groups is 2. The number of hydrogen-bond donors (Lipinski definition) is 0. The molecule has 2 atom stereocenters. The minimum absolute atomic E-state index is 0.0231. The summed E-state index contributed by atoms with van der Waals surface area (Å²) in [4.78, 5) is 28.4. The highest BCUT2D eigenvalue weighted by Gasteiger charge is 2.45. The Bertz CT molecular complexity index is 700. The van der Waals surface area contributed by atoms with Crippen LogP contribution >= 0.6 is 0 Å². The van der Waals surface area contributed by atoms with E-state index in [2.05, 4.69) is 0 Å². The van der Waals surface area contributed by atoms with Crippen LogP contribution in [0.4, 0.5) is 13.2 Å². The highest BCUT2D eigenvalue weighted by atomic mass is 19.4. The second-order valence-corrected chi connectivity index (χ2v) is 7.21. The number of rotatable bonds is 4. The second kappa shape index (κ2) is 6.93. The summed E-state index contributed by atoms with van der Waals surface area (Å²) in [5, 5.41) is 0. The number of amides is 2. The van der Waals surface area contributed by atoms with Gasteiger partial charge < -0.3 is 9.80 Å². The van der Waals surface area contributed by atoms with Crippen LogP contribution in [0.5, 0.6) is 0 Å². The molecule has 0 aromatic heterocycles. The van der Waals surface area contributed by atoms with Crippen LogP contribution in [0.2, 0.25) is 0 Å². The van der Waals surface area contributed by atoms with E-state index in [1.165, 1.54) is 6.07 Å². The average molecular weight is 368 g/mol. The van der Waals surface area contributed by atoms with E-state index in [1.54, 1.807) is 22.9 Å². The van der Waals surface area contributed by atoms with Gasteiger partial charge in [-0.25, -0.2) is 0 Å². The molecule has 1 aliphatic heterocycles. The average Bonchev–Trinajstić information content (AvgIpc) is 3.37. The van der Waals surface area contributed by atoms with Crippen molar-refractivity contribution in [3.8, 4) is 0 Å². The first kappa shape index (κ1) is 18.7. The van der Waals surface area contributed by atoms with Crippen LogP contribution in [0.25, 0.3) is 0 Å². The molecule has 7 heteroatoms. The normalized spacial score (nSPS) is 23.2. The monoisotopic (exact) mass is 368 g/mol. The van der Waals surface area contributed by atoms with Crippen molar-refractivity contribution in [1.29, 1.82) is 0 Å². The maximum atomic E-state index is 13.1. The fourth-order valence-electron chi connectivity index (χ4n) is 3.54. The van der Waals surface area contributed by atoms with Crippen LogP contribution in [-0.2, 0) is 15.8 Å². The fraction of sp³-hybridized carbons (Fsp3) is 0.579. The number of carbonyl (C=O) groups excluding carboxylic acids is 2. The van der Waals surface area contributed by atoms with Crippen molar-refractivity contribution < 1.29 is 22.8 Å². The number of alkyl halides is 3. The van der Waals surface area contributed by atoms with Gasteiger partial charge >= 0.3 is 6.18 Å². The number of nitrogens with zero attached hydrogens (tertiary/aromatic N) is 2. The van der Waals surface area contributed by atoms with Gasteiger partial charge in [-0.15, -0.1) is 0 Å². The van der Waals surface area contributed by atoms with E-state index in [-0.39, 0.29) is 24.3 Å². The topological polar surface area (TPSA) is 40.6 Å². The molecule has 142 valence electrons. The van der Waals surface area contributed by atoms with E-state index >= 15 is 0 Å². The molecular weight excluding hydrogens is 345 g/mol. The molecular formula is C19H23F3N2O2. The molecule has 1 saturated carbocycles. The van der Waals surface area contributed by atoms with Gasteiger partial charge in [0.05, 0.1) is 11.5 Å². The SMILES string of the molecule is CCN(C)C(=O)[C@H]1CN(C(=O)C2CC2)C[C@H]1c1cccc(C(F)(F)F)c1. The van der Waals surface area contributed by atoms with Gasteiger partial charge in [-0.05, 0) is 31.4 Å².